The van der Waals surface area contributed by atoms with E-state index in [0.29, 0.717) is 6.61 Å². The van der Waals surface area contributed by atoms with Gasteiger partial charge < -0.3 is 25.4 Å². The first kappa shape index (κ1) is 27.0. The van der Waals surface area contributed by atoms with E-state index in [1.165, 1.54) is 53.7 Å². The summed E-state index contributed by atoms with van der Waals surface area (Å²) in [6.45, 7) is 11.3. The lowest BCUT2D eigenvalue weighted by molar-refractivity contribution is 0.262. The number of benzene rings is 3. The smallest absolute Gasteiger partial charge is 0.122 e. The maximum absolute atomic E-state index is 6.20. The normalized spacial score (nSPS) is 13.7. The zero-order valence-electron chi connectivity index (χ0n) is 22.6. The molecule has 0 radical (unpaired) electrons. The van der Waals surface area contributed by atoms with E-state index in [0.717, 1.165) is 62.7 Å². The minimum atomic E-state index is 0.693. The molecule has 3 aromatic rings. The lowest BCUT2D eigenvalue weighted by Gasteiger charge is -2.18. The van der Waals surface area contributed by atoms with Crippen LogP contribution in [0.15, 0.2) is 60.7 Å². The molecular weight excluding hydrogens is 458 g/mol. The van der Waals surface area contributed by atoms with E-state index in [9.17, 15) is 0 Å². The number of nitrogens with two attached hydrogens (primary N) is 1. The Bertz CT molecular complexity index is 1110. The van der Waals surface area contributed by atoms with Crippen LogP contribution in [0.2, 0.25) is 0 Å². The van der Waals surface area contributed by atoms with Gasteiger partial charge in [-0.2, -0.15) is 0 Å². The third-order valence-electron chi connectivity index (χ3n) is 7.26. The van der Waals surface area contributed by atoms with Crippen molar-refractivity contribution in [3.05, 3.63) is 77.4 Å². The Kier molecular flexibility index (Phi) is 10.3. The fourth-order valence-electron chi connectivity index (χ4n) is 5.02. The molecule has 3 N–H and O–H groups in total. The Hall–Kier alpha value is -3.02. The van der Waals surface area contributed by atoms with Crippen LogP contribution in [-0.2, 0) is 6.42 Å². The summed E-state index contributed by atoms with van der Waals surface area (Å²) in [6, 6.07) is 20.8. The van der Waals surface area contributed by atoms with Crippen molar-refractivity contribution in [3.63, 3.8) is 0 Å². The predicted molar refractivity (Wildman–Crippen MR) is 155 cm³/mol. The second kappa shape index (κ2) is 14.1. The molecule has 1 saturated heterocycles. The molecule has 1 heterocycles. The predicted octanol–water partition coefficient (Wildman–Crippen LogP) is 6.02. The minimum absolute atomic E-state index is 0.693. The highest BCUT2D eigenvalue weighted by Gasteiger charge is 2.13. The lowest BCUT2D eigenvalue weighted by Crippen LogP contribution is -2.22. The Morgan fingerprint density at radius 3 is 1.97 bits per heavy atom. The van der Waals surface area contributed by atoms with Gasteiger partial charge in [-0.3, -0.25) is 0 Å². The summed E-state index contributed by atoms with van der Waals surface area (Å²) in [5.74, 6) is 1.94. The highest BCUT2D eigenvalue weighted by atomic mass is 16.5. The highest BCUT2D eigenvalue weighted by molar-refractivity contribution is 5.74. The SMILES string of the molecule is Cc1c(OCCCNCCc2ccc(N)cc2)cccc1-c1cccc(OCCCN2CCCC2)c1C. The van der Waals surface area contributed by atoms with Crippen LogP contribution < -0.4 is 20.5 Å². The molecule has 37 heavy (non-hydrogen) atoms. The highest BCUT2D eigenvalue weighted by Crippen LogP contribution is 2.35. The first-order valence-electron chi connectivity index (χ1n) is 13.8. The molecule has 4 rings (SSSR count). The quantitative estimate of drug-likeness (QED) is 0.209. The number of likely N-dealkylation sites (tertiary alicyclic amines) is 1. The van der Waals surface area contributed by atoms with Crippen molar-refractivity contribution < 1.29 is 9.47 Å². The second-order valence-electron chi connectivity index (χ2n) is 10.1. The summed E-state index contributed by atoms with van der Waals surface area (Å²) in [5, 5.41) is 3.51. The lowest BCUT2D eigenvalue weighted by atomic mass is 9.95. The van der Waals surface area contributed by atoms with Crippen LogP contribution >= 0.6 is 0 Å². The number of anilines is 1. The monoisotopic (exact) mass is 501 g/mol. The van der Waals surface area contributed by atoms with Crippen LogP contribution in [0.1, 0.15) is 42.4 Å². The zero-order valence-corrected chi connectivity index (χ0v) is 22.6. The van der Waals surface area contributed by atoms with Gasteiger partial charge in [0, 0.05) is 12.2 Å². The number of nitrogen functional groups attached to an aromatic ring is 1. The summed E-state index contributed by atoms with van der Waals surface area (Å²) in [7, 11) is 0. The van der Waals surface area contributed by atoms with Gasteiger partial charge in [-0.15, -0.1) is 0 Å². The maximum Gasteiger partial charge on any atom is 0.122 e. The molecule has 0 unspecified atom stereocenters. The standard InChI is InChI=1S/C32H43N3O2/c1-25-29(30-10-6-12-32(26(30)2)37-24-8-22-35-20-3-4-21-35)9-5-11-31(25)36-23-7-18-34-19-17-27-13-15-28(33)16-14-27/h5-6,9-16,34H,3-4,7-8,17-24,33H2,1-2H3. The number of hydrogen-bond acceptors (Lipinski definition) is 5. The average Bonchev–Trinajstić information content (AvgIpc) is 3.43. The number of ether oxygens (including phenoxy) is 2. The molecule has 0 aromatic heterocycles. The summed E-state index contributed by atoms with van der Waals surface area (Å²) in [6.07, 6.45) is 5.72. The van der Waals surface area contributed by atoms with Gasteiger partial charge in [-0.1, -0.05) is 36.4 Å². The maximum atomic E-state index is 6.20. The summed E-state index contributed by atoms with van der Waals surface area (Å²) in [5.41, 5.74) is 12.7. The van der Waals surface area contributed by atoms with Crippen molar-refractivity contribution in [2.45, 2.75) is 46.0 Å². The van der Waals surface area contributed by atoms with Gasteiger partial charge in [0.05, 0.1) is 13.2 Å². The van der Waals surface area contributed by atoms with Crippen LogP contribution in [0.4, 0.5) is 5.69 Å². The van der Waals surface area contributed by atoms with E-state index < -0.39 is 0 Å². The molecule has 0 spiro atoms. The van der Waals surface area contributed by atoms with E-state index >= 15 is 0 Å². The van der Waals surface area contributed by atoms with E-state index in [-0.39, 0.29) is 0 Å². The van der Waals surface area contributed by atoms with Crippen molar-refractivity contribution in [1.29, 1.82) is 0 Å². The average molecular weight is 502 g/mol. The van der Waals surface area contributed by atoms with Gasteiger partial charge in [-0.25, -0.2) is 0 Å². The van der Waals surface area contributed by atoms with Crippen molar-refractivity contribution in [1.82, 2.24) is 10.2 Å². The Morgan fingerprint density at radius 1 is 0.757 bits per heavy atom. The number of rotatable bonds is 14. The first-order chi connectivity index (χ1) is 18.1. The molecule has 0 amide bonds. The molecule has 0 atom stereocenters. The Morgan fingerprint density at radius 2 is 1.35 bits per heavy atom. The van der Waals surface area contributed by atoms with Crippen molar-refractivity contribution >= 4 is 5.69 Å². The third-order valence-corrected chi connectivity index (χ3v) is 7.26. The molecule has 1 aliphatic heterocycles. The number of nitrogens with one attached hydrogen (secondary N) is 1. The van der Waals surface area contributed by atoms with Gasteiger partial charge in [0.25, 0.3) is 0 Å². The van der Waals surface area contributed by atoms with Crippen LogP contribution in [-0.4, -0.2) is 50.8 Å². The molecule has 1 fully saturated rings. The number of hydrogen-bond donors (Lipinski definition) is 2. The molecule has 0 aliphatic carbocycles. The van der Waals surface area contributed by atoms with Gasteiger partial charge in [0.1, 0.15) is 11.5 Å². The zero-order chi connectivity index (χ0) is 25.9. The van der Waals surface area contributed by atoms with Crippen molar-refractivity contribution in [3.8, 4) is 22.6 Å². The second-order valence-corrected chi connectivity index (χ2v) is 10.1. The summed E-state index contributed by atoms with van der Waals surface area (Å²) < 4.78 is 12.4. The molecule has 5 heteroatoms. The summed E-state index contributed by atoms with van der Waals surface area (Å²) in [4.78, 5) is 2.54. The molecule has 198 valence electrons. The van der Waals surface area contributed by atoms with Crippen LogP contribution in [0, 0.1) is 13.8 Å². The number of nitrogens with zero attached hydrogens (tertiary/aromatic N) is 1. The third kappa shape index (κ3) is 7.98. The van der Waals surface area contributed by atoms with E-state index in [2.05, 4.69) is 72.6 Å². The van der Waals surface area contributed by atoms with Crippen LogP contribution in [0.5, 0.6) is 11.5 Å². The van der Waals surface area contributed by atoms with Crippen LogP contribution in [0.3, 0.4) is 0 Å². The Labute approximate surface area is 223 Å². The minimum Gasteiger partial charge on any atom is -0.493 e. The molecular formula is C32H43N3O2. The largest absolute Gasteiger partial charge is 0.493 e. The Balaban J connectivity index is 1.24. The summed E-state index contributed by atoms with van der Waals surface area (Å²) >= 11 is 0. The van der Waals surface area contributed by atoms with Gasteiger partial charge in [0.15, 0.2) is 0 Å². The topological polar surface area (TPSA) is 59.8 Å². The first-order valence-corrected chi connectivity index (χ1v) is 13.8. The van der Waals surface area contributed by atoms with E-state index in [4.69, 9.17) is 15.2 Å². The molecule has 0 saturated carbocycles. The van der Waals surface area contributed by atoms with Crippen LogP contribution in [0.25, 0.3) is 11.1 Å². The molecule has 1 aliphatic rings. The molecule has 3 aromatic carbocycles. The van der Waals surface area contributed by atoms with Gasteiger partial charge in [-0.05, 0) is 124 Å². The fourth-order valence-corrected chi connectivity index (χ4v) is 5.02. The van der Waals surface area contributed by atoms with E-state index in [1.807, 2.05) is 12.1 Å². The van der Waals surface area contributed by atoms with E-state index in [1.54, 1.807) is 0 Å². The van der Waals surface area contributed by atoms with Gasteiger partial charge in [0.2, 0.25) is 0 Å². The van der Waals surface area contributed by atoms with Gasteiger partial charge >= 0.3 is 0 Å². The van der Waals surface area contributed by atoms with Crippen molar-refractivity contribution in [2.75, 3.05) is 51.7 Å². The molecule has 5 nitrogen and oxygen atoms in total. The fraction of sp³-hybridized carbons (Fsp3) is 0.438. The van der Waals surface area contributed by atoms with Crippen molar-refractivity contribution in [2.24, 2.45) is 0 Å². The molecule has 0 bridgehead atoms.